The van der Waals surface area contributed by atoms with Crippen molar-refractivity contribution in [2.24, 2.45) is 0 Å². The minimum Gasteiger partial charge on any atom is -0.341 e. The van der Waals surface area contributed by atoms with Crippen molar-refractivity contribution in [1.29, 1.82) is 0 Å². The lowest BCUT2D eigenvalue weighted by molar-refractivity contribution is 0.0932. The van der Waals surface area contributed by atoms with Crippen LogP contribution in [0.25, 0.3) is 0 Å². The van der Waals surface area contributed by atoms with Crippen LogP contribution in [-0.4, -0.2) is 30.6 Å². The maximum atomic E-state index is 11.9. The summed E-state index contributed by atoms with van der Waals surface area (Å²) in [5, 5.41) is 6.97. The van der Waals surface area contributed by atoms with Gasteiger partial charge >= 0.3 is 0 Å². The fourth-order valence-corrected chi connectivity index (χ4v) is 1.74. The maximum Gasteiger partial charge on any atom is 0.272 e. The molecule has 2 heterocycles. The van der Waals surface area contributed by atoms with Gasteiger partial charge in [-0.05, 0) is 13.3 Å². The van der Waals surface area contributed by atoms with Gasteiger partial charge in [0.05, 0.1) is 12.2 Å². The fraction of sp³-hybridized carbons (Fsp3) is 0.417. The number of carbonyl (C=O) groups is 1. The second kappa shape index (κ2) is 6.03. The molecule has 1 N–H and O–H groups in total. The van der Waals surface area contributed by atoms with E-state index in [1.165, 1.54) is 24.9 Å². The minimum absolute atomic E-state index is 0.233. The first-order valence-electron chi connectivity index (χ1n) is 6.17. The number of rotatable bonds is 5. The van der Waals surface area contributed by atoms with Crippen LogP contribution in [-0.2, 0) is 6.54 Å². The molecule has 1 amide bonds. The molecule has 0 aliphatic carbocycles. The van der Waals surface area contributed by atoms with Crippen LogP contribution >= 0.6 is 0 Å². The number of carbonyl (C=O) groups excluding carboxylic acids is 1. The molecule has 2 aromatic heterocycles. The average Bonchev–Trinajstić information content (AvgIpc) is 2.88. The van der Waals surface area contributed by atoms with Crippen molar-refractivity contribution in [2.75, 3.05) is 0 Å². The van der Waals surface area contributed by atoms with Gasteiger partial charge in [0.25, 0.3) is 5.91 Å². The number of nitrogens with zero attached hydrogens (tertiary/aromatic N) is 5. The molecule has 7 heteroatoms. The van der Waals surface area contributed by atoms with Crippen molar-refractivity contribution in [3.8, 4) is 0 Å². The quantitative estimate of drug-likeness (QED) is 0.865. The van der Waals surface area contributed by atoms with E-state index in [9.17, 15) is 4.79 Å². The zero-order valence-electron chi connectivity index (χ0n) is 10.9. The maximum absolute atomic E-state index is 11.9. The van der Waals surface area contributed by atoms with Crippen LogP contribution < -0.4 is 5.32 Å². The third-order valence-corrected chi connectivity index (χ3v) is 2.61. The first-order chi connectivity index (χ1) is 9.22. The van der Waals surface area contributed by atoms with E-state index in [1.807, 2.05) is 6.92 Å². The zero-order valence-corrected chi connectivity index (χ0v) is 10.9. The molecule has 0 bridgehead atoms. The monoisotopic (exact) mass is 260 g/mol. The molecule has 100 valence electrons. The van der Waals surface area contributed by atoms with E-state index in [0.29, 0.717) is 0 Å². The van der Waals surface area contributed by atoms with Gasteiger partial charge in [0.15, 0.2) is 0 Å². The number of nitrogens with one attached hydrogen (secondary N) is 1. The summed E-state index contributed by atoms with van der Waals surface area (Å²) in [5.41, 5.74) is 0.288. The fourth-order valence-electron chi connectivity index (χ4n) is 1.74. The van der Waals surface area contributed by atoms with E-state index in [2.05, 4.69) is 32.3 Å². The Bertz CT molecular complexity index is 538. The molecule has 0 radical (unpaired) electrons. The van der Waals surface area contributed by atoms with Crippen LogP contribution in [0.5, 0.6) is 0 Å². The van der Waals surface area contributed by atoms with Gasteiger partial charge < -0.3 is 5.32 Å². The second-order valence-electron chi connectivity index (χ2n) is 4.13. The van der Waals surface area contributed by atoms with Crippen LogP contribution in [0.4, 0.5) is 0 Å². The van der Waals surface area contributed by atoms with Crippen molar-refractivity contribution in [3.05, 3.63) is 36.4 Å². The van der Waals surface area contributed by atoms with Gasteiger partial charge in [0, 0.05) is 18.9 Å². The van der Waals surface area contributed by atoms with Gasteiger partial charge in [-0.3, -0.25) is 9.78 Å². The first kappa shape index (κ1) is 13.1. The minimum atomic E-state index is -0.272. The second-order valence-corrected chi connectivity index (χ2v) is 4.13. The Morgan fingerprint density at radius 2 is 2.26 bits per heavy atom. The largest absolute Gasteiger partial charge is 0.341 e. The smallest absolute Gasteiger partial charge is 0.272 e. The van der Waals surface area contributed by atoms with Crippen molar-refractivity contribution in [2.45, 2.75) is 32.9 Å². The molecule has 0 aliphatic heterocycles. The molecular formula is C12H16N6O. The molecule has 0 aromatic carbocycles. The van der Waals surface area contributed by atoms with Gasteiger partial charge in [-0.25, -0.2) is 14.6 Å². The van der Waals surface area contributed by atoms with Crippen molar-refractivity contribution in [3.63, 3.8) is 0 Å². The van der Waals surface area contributed by atoms with E-state index in [4.69, 9.17) is 0 Å². The molecule has 2 aromatic rings. The highest BCUT2D eigenvalue weighted by molar-refractivity contribution is 5.92. The topological polar surface area (TPSA) is 85.6 Å². The Morgan fingerprint density at radius 1 is 1.42 bits per heavy atom. The summed E-state index contributed by atoms with van der Waals surface area (Å²) in [4.78, 5) is 24.0. The highest BCUT2D eigenvalue weighted by atomic mass is 16.1. The predicted octanol–water partition coefficient (Wildman–Crippen LogP) is 0.969. The highest BCUT2D eigenvalue weighted by Crippen LogP contribution is 2.09. The van der Waals surface area contributed by atoms with Crippen molar-refractivity contribution >= 4 is 5.91 Å². The number of hydrogen-bond donors (Lipinski definition) is 1. The molecule has 7 nitrogen and oxygen atoms in total. The van der Waals surface area contributed by atoms with Crippen LogP contribution in [0.15, 0.2) is 24.9 Å². The van der Waals surface area contributed by atoms with Crippen molar-refractivity contribution in [1.82, 2.24) is 30.0 Å². The summed E-state index contributed by atoms with van der Waals surface area (Å²) in [6.45, 7) is 4.71. The zero-order chi connectivity index (χ0) is 13.7. The summed E-state index contributed by atoms with van der Waals surface area (Å²) >= 11 is 0. The lowest BCUT2D eigenvalue weighted by Gasteiger charge is -2.13. The molecule has 0 saturated heterocycles. The average molecular weight is 260 g/mol. The van der Waals surface area contributed by atoms with E-state index < -0.39 is 0 Å². The summed E-state index contributed by atoms with van der Waals surface area (Å²) < 4.78 is 1.79. The molecule has 1 unspecified atom stereocenters. The Morgan fingerprint density at radius 3 is 2.95 bits per heavy atom. The molecule has 0 saturated carbocycles. The summed E-state index contributed by atoms with van der Waals surface area (Å²) in [6, 6.07) is -0.233. The van der Waals surface area contributed by atoms with Gasteiger partial charge in [-0.2, -0.15) is 5.10 Å². The third kappa shape index (κ3) is 3.12. The molecule has 19 heavy (non-hydrogen) atoms. The van der Waals surface area contributed by atoms with Crippen LogP contribution in [0, 0.1) is 0 Å². The Kier molecular flexibility index (Phi) is 4.17. The lowest BCUT2D eigenvalue weighted by atomic mass is 10.3. The molecule has 0 spiro atoms. The first-order valence-corrected chi connectivity index (χ1v) is 6.17. The van der Waals surface area contributed by atoms with Gasteiger partial charge in [0.1, 0.15) is 17.8 Å². The standard InChI is InChI=1S/C12H16N6O/c1-3-6-18-11(15-8-16-18)9(2)17-12(19)10-7-13-4-5-14-10/h4-5,7-9H,3,6H2,1-2H3,(H,17,19). The van der Waals surface area contributed by atoms with E-state index in [1.54, 1.807) is 4.68 Å². The molecule has 0 fully saturated rings. The number of aromatic nitrogens is 5. The van der Waals surface area contributed by atoms with E-state index in [0.717, 1.165) is 18.8 Å². The summed E-state index contributed by atoms with van der Waals surface area (Å²) in [5.74, 6) is 0.464. The van der Waals surface area contributed by atoms with Gasteiger partial charge in [-0.1, -0.05) is 6.92 Å². The Balaban J connectivity index is 2.06. The van der Waals surface area contributed by atoms with Gasteiger partial charge in [-0.15, -0.1) is 0 Å². The molecule has 2 rings (SSSR count). The number of amides is 1. The SMILES string of the molecule is CCCn1ncnc1C(C)NC(=O)c1cnccn1. The van der Waals surface area contributed by atoms with Gasteiger partial charge in [0.2, 0.25) is 0 Å². The number of aryl methyl sites for hydroxylation is 1. The highest BCUT2D eigenvalue weighted by Gasteiger charge is 2.16. The third-order valence-electron chi connectivity index (χ3n) is 2.61. The van der Waals surface area contributed by atoms with Crippen molar-refractivity contribution < 1.29 is 4.79 Å². The molecule has 0 aliphatic rings. The lowest BCUT2D eigenvalue weighted by Crippen LogP contribution is -2.29. The summed E-state index contributed by atoms with van der Waals surface area (Å²) in [6.07, 6.45) is 6.90. The van der Waals surface area contributed by atoms with Crippen LogP contribution in [0.1, 0.15) is 42.6 Å². The van der Waals surface area contributed by atoms with E-state index in [-0.39, 0.29) is 17.6 Å². The Hall–Kier alpha value is -2.31. The Labute approximate surface area is 111 Å². The van der Waals surface area contributed by atoms with Crippen LogP contribution in [0.3, 0.4) is 0 Å². The summed E-state index contributed by atoms with van der Waals surface area (Å²) in [7, 11) is 0. The normalized spacial score (nSPS) is 12.1. The molecular weight excluding hydrogens is 244 g/mol. The number of hydrogen-bond acceptors (Lipinski definition) is 5. The van der Waals surface area contributed by atoms with Crippen LogP contribution in [0.2, 0.25) is 0 Å². The predicted molar refractivity (Wildman–Crippen MR) is 68.2 cm³/mol. The molecule has 1 atom stereocenters. The van der Waals surface area contributed by atoms with E-state index >= 15 is 0 Å².